The van der Waals surface area contributed by atoms with Gasteiger partial charge in [0.25, 0.3) is 0 Å². The molecule has 0 radical (unpaired) electrons. The number of amides is 1. The summed E-state index contributed by atoms with van der Waals surface area (Å²) in [7, 11) is 0. The van der Waals surface area contributed by atoms with Crippen LogP contribution in [0.4, 0.5) is 4.79 Å². The highest BCUT2D eigenvalue weighted by molar-refractivity contribution is 5.69. The fourth-order valence-electron chi connectivity index (χ4n) is 1.79. The van der Waals surface area contributed by atoms with Crippen LogP contribution in [0.1, 0.15) is 20.8 Å². The minimum atomic E-state index is -0.393. The van der Waals surface area contributed by atoms with Gasteiger partial charge in [0.2, 0.25) is 0 Å². The number of carbonyl (C=O) groups excluding carboxylic acids is 1. The van der Waals surface area contributed by atoms with E-state index in [1.807, 2.05) is 20.8 Å². The number of likely N-dealkylation sites (tertiary alicyclic amines) is 1. The molecule has 1 amide bonds. The number of rotatable bonds is 0. The van der Waals surface area contributed by atoms with Crippen molar-refractivity contribution in [3.63, 3.8) is 0 Å². The Morgan fingerprint density at radius 1 is 1.36 bits per heavy atom. The van der Waals surface area contributed by atoms with Gasteiger partial charge < -0.3 is 14.4 Å². The molecule has 2 saturated heterocycles. The van der Waals surface area contributed by atoms with Crippen molar-refractivity contribution in [3.05, 3.63) is 0 Å². The highest BCUT2D eigenvalue weighted by Gasteiger charge is 2.51. The monoisotopic (exact) mass is 199 g/mol. The smallest absolute Gasteiger partial charge is 0.410 e. The van der Waals surface area contributed by atoms with Gasteiger partial charge in [-0.15, -0.1) is 0 Å². The van der Waals surface area contributed by atoms with Crippen molar-refractivity contribution < 1.29 is 14.3 Å². The molecule has 2 aliphatic rings. The van der Waals surface area contributed by atoms with Crippen LogP contribution in [-0.4, -0.2) is 42.9 Å². The molecule has 0 aromatic rings. The molecule has 0 N–H and O–H groups in total. The van der Waals surface area contributed by atoms with Crippen molar-refractivity contribution >= 4 is 6.09 Å². The fourth-order valence-corrected chi connectivity index (χ4v) is 1.79. The first-order chi connectivity index (χ1) is 6.40. The molecule has 14 heavy (non-hydrogen) atoms. The number of hydrogen-bond donors (Lipinski definition) is 0. The quantitative estimate of drug-likeness (QED) is 0.589. The molecule has 0 aliphatic carbocycles. The standard InChI is InChI=1S/C10H17NO3/c1-9(2,3)14-8(12)11-4-10(5-11)6-13-7-10/h4-7H2,1-3H3. The van der Waals surface area contributed by atoms with Crippen LogP contribution in [0, 0.1) is 5.41 Å². The van der Waals surface area contributed by atoms with E-state index in [4.69, 9.17) is 9.47 Å². The van der Waals surface area contributed by atoms with Gasteiger partial charge in [0.1, 0.15) is 5.60 Å². The summed E-state index contributed by atoms with van der Waals surface area (Å²) in [4.78, 5) is 13.3. The maximum absolute atomic E-state index is 11.5. The van der Waals surface area contributed by atoms with Crippen molar-refractivity contribution in [1.29, 1.82) is 0 Å². The summed E-state index contributed by atoms with van der Waals surface area (Å²) in [6.45, 7) is 8.83. The van der Waals surface area contributed by atoms with Crippen molar-refractivity contribution in [3.8, 4) is 0 Å². The van der Waals surface area contributed by atoms with E-state index >= 15 is 0 Å². The van der Waals surface area contributed by atoms with Crippen LogP contribution in [0.2, 0.25) is 0 Å². The second kappa shape index (κ2) is 2.86. The molecule has 4 heteroatoms. The summed E-state index contributed by atoms with van der Waals surface area (Å²) < 4.78 is 10.4. The Morgan fingerprint density at radius 3 is 2.29 bits per heavy atom. The molecule has 0 aromatic heterocycles. The SMILES string of the molecule is CC(C)(C)OC(=O)N1CC2(COC2)C1. The summed E-state index contributed by atoms with van der Waals surface area (Å²) >= 11 is 0. The van der Waals surface area contributed by atoms with Crippen LogP contribution >= 0.6 is 0 Å². The Morgan fingerprint density at radius 2 is 1.93 bits per heavy atom. The predicted octanol–water partition coefficient (Wildman–Crippen LogP) is 1.25. The van der Waals surface area contributed by atoms with Crippen molar-refractivity contribution in [2.24, 2.45) is 5.41 Å². The predicted molar refractivity (Wildman–Crippen MR) is 51.1 cm³/mol. The Bertz CT molecular complexity index is 245. The molecule has 1 spiro atoms. The molecule has 0 unspecified atom stereocenters. The van der Waals surface area contributed by atoms with E-state index in [0.717, 1.165) is 26.3 Å². The molecule has 4 nitrogen and oxygen atoms in total. The van der Waals surface area contributed by atoms with Crippen molar-refractivity contribution in [1.82, 2.24) is 4.90 Å². The summed E-state index contributed by atoms with van der Waals surface area (Å²) in [5.74, 6) is 0. The van der Waals surface area contributed by atoms with E-state index in [-0.39, 0.29) is 11.5 Å². The zero-order valence-electron chi connectivity index (χ0n) is 9.00. The van der Waals surface area contributed by atoms with Gasteiger partial charge in [-0.3, -0.25) is 0 Å². The summed E-state index contributed by atoms with van der Waals surface area (Å²) in [6, 6.07) is 0. The fraction of sp³-hybridized carbons (Fsp3) is 0.900. The average Bonchev–Trinajstić information content (AvgIpc) is 1.74. The third-order valence-electron chi connectivity index (χ3n) is 2.52. The largest absolute Gasteiger partial charge is 0.444 e. The lowest BCUT2D eigenvalue weighted by Crippen LogP contribution is -2.67. The van der Waals surface area contributed by atoms with Gasteiger partial charge >= 0.3 is 6.09 Å². The van der Waals surface area contributed by atoms with Gasteiger partial charge in [0.05, 0.1) is 18.6 Å². The van der Waals surface area contributed by atoms with Crippen molar-refractivity contribution in [2.45, 2.75) is 26.4 Å². The highest BCUT2D eigenvalue weighted by Crippen LogP contribution is 2.37. The number of nitrogens with zero attached hydrogens (tertiary/aromatic N) is 1. The zero-order chi connectivity index (χ0) is 10.4. The lowest BCUT2D eigenvalue weighted by atomic mass is 9.78. The maximum Gasteiger partial charge on any atom is 0.410 e. The zero-order valence-corrected chi connectivity index (χ0v) is 9.00. The molecule has 2 rings (SSSR count). The van der Waals surface area contributed by atoms with Crippen LogP contribution in [0.3, 0.4) is 0 Å². The first-order valence-corrected chi connectivity index (χ1v) is 4.96. The topological polar surface area (TPSA) is 38.8 Å². The third-order valence-corrected chi connectivity index (χ3v) is 2.52. The van der Waals surface area contributed by atoms with E-state index < -0.39 is 5.60 Å². The van der Waals surface area contributed by atoms with Crippen molar-refractivity contribution in [2.75, 3.05) is 26.3 Å². The Balaban J connectivity index is 1.79. The van der Waals surface area contributed by atoms with E-state index in [9.17, 15) is 4.79 Å². The van der Waals surface area contributed by atoms with E-state index in [1.165, 1.54) is 0 Å². The summed E-state index contributed by atoms with van der Waals surface area (Å²) in [5, 5.41) is 0. The lowest BCUT2D eigenvalue weighted by Gasteiger charge is -2.54. The molecule has 0 aromatic carbocycles. The van der Waals surface area contributed by atoms with Crippen LogP contribution in [0.5, 0.6) is 0 Å². The van der Waals surface area contributed by atoms with Crippen LogP contribution in [0.15, 0.2) is 0 Å². The normalized spacial score (nSPS) is 24.1. The van der Waals surface area contributed by atoms with Gasteiger partial charge in [-0.1, -0.05) is 0 Å². The second-order valence-electron chi connectivity index (χ2n) is 5.33. The molecular formula is C10H17NO3. The summed E-state index contributed by atoms with van der Waals surface area (Å²) in [5.41, 5.74) is -0.118. The van der Waals surface area contributed by atoms with E-state index in [2.05, 4.69) is 0 Å². The van der Waals surface area contributed by atoms with Gasteiger partial charge in [-0.25, -0.2) is 4.79 Å². The lowest BCUT2D eigenvalue weighted by molar-refractivity contribution is -0.182. The molecule has 2 fully saturated rings. The summed E-state index contributed by atoms with van der Waals surface area (Å²) in [6.07, 6.45) is -0.199. The Hall–Kier alpha value is -0.770. The number of carbonyl (C=O) groups is 1. The van der Waals surface area contributed by atoms with Gasteiger partial charge in [-0.05, 0) is 20.8 Å². The minimum Gasteiger partial charge on any atom is -0.444 e. The number of hydrogen-bond acceptors (Lipinski definition) is 3. The van der Waals surface area contributed by atoms with E-state index in [0.29, 0.717) is 0 Å². The highest BCUT2D eigenvalue weighted by atomic mass is 16.6. The molecule has 2 aliphatic heterocycles. The van der Waals surface area contributed by atoms with E-state index in [1.54, 1.807) is 4.90 Å². The molecule has 2 heterocycles. The number of ether oxygens (including phenoxy) is 2. The molecule has 80 valence electrons. The van der Waals surface area contributed by atoms with Crippen LogP contribution in [0.25, 0.3) is 0 Å². The molecular weight excluding hydrogens is 182 g/mol. The first kappa shape index (κ1) is 9.77. The Kier molecular flexibility index (Phi) is 2.00. The maximum atomic E-state index is 11.5. The Labute approximate surface area is 84.2 Å². The van der Waals surface area contributed by atoms with Crippen LogP contribution < -0.4 is 0 Å². The molecule has 0 atom stereocenters. The molecule has 0 saturated carbocycles. The third kappa shape index (κ3) is 1.71. The first-order valence-electron chi connectivity index (χ1n) is 4.96. The second-order valence-corrected chi connectivity index (χ2v) is 5.33. The van der Waals surface area contributed by atoms with Gasteiger partial charge in [-0.2, -0.15) is 0 Å². The van der Waals surface area contributed by atoms with Gasteiger partial charge in [0, 0.05) is 13.1 Å². The molecule has 0 bridgehead atoms. The van der Waals surface area contributed by atoms with Crippen LogP contribution in [-0.2, 0) is 9.47 Å². The average molecular weight is 199 g/mol. The minimum absolute atomic E-state index is 0.199. The van der Waals surface area contributed by atoms with Gasteiger partial charge in [0.15, 0.2) is 0 Å².